The molecule has 2 saturated heterocycles. The topological polar surface area (TPSA) is 107 Å². The van der Waals surface area contributed by atoms with Gasteiger partial charge in [-0.3, -0.25) is 15.0 Å². The number of piperazine rings is 1. The van der Waals surface area contributed by atoms with Crippen molar-refractivity contribution in [3.05, 3.63) is 53.4 Å². The summed E-state index contributed by atoms with van der Waals surface area (Å²) in [5.74, 6) is 0.429. The van der Waals surface area contributed by atoms with Crippen molar-refractivity contribution in [3.8, 4) is 11.3 Å². The third-order valence-electron chi connectivity index (χ3n) is 8.99. The SMILES string of the molecule is CCCCC1(CC)CC1Nc1cc(-c2cccc(CN3CCN(C)CC3)c2)nc2c(/C=C3\NC(=O)NC3=O)cnn12. The number of nitrogens with zero attached hydrogens (tertiary/aromatic N) is 5. The van der Waals surface area contributed by atoms with Crippen molar-refractivity contribution in [2.45, 2.75) is 58.5 Å². The molecule has 10 heteroatoms. The first kappa shape index (κ1) is 27.4. The fourth-order valence-electron chi connectivity index (χ4n) is 6.17. The maximum absolute atomic E-state index is 12.2. The van der Waals surface area contributed by atoms with Crippen LogP contribution in [0.25, 0.3) is 23.0 Å². The molecule has 3 fully saturated rings. The molecule has 3 amide bonds. The molecule has 3 aromatic rings. The van der Waals surface area contributed by atoms with E-state index in [4.69, 9.17) is 4.98 Å². The zero-order valence-corrected chi connectivity index (χ0v) is 24.2. The van der Waals surface area contributed by atoms with Crippen molar-refractivity contribution in [2.24, 2.45) is 5.41 Å². The number of aromatic nitrogens is 3. The molecule has 4 heterocycles. The highest BCUT2D eigenvalue weighted by atomic mass is 16.2. The third kappa shape index (κ3) is 5.71. The van der Waals surface area contributed by atoms with Crippen LogP contribution in [0.1, 0.15) is 57.1 Å². The van der Waals surface area contributed by atoms with E-state index in [9.17, 15) is 9.59 Å². The van der Waals surface area contributed by atoms with Gasteiger partial charge in [0.25, 0.3) is 5.91 Å². The molecule has 3 aliphatic rings. The summed E-state index contributed by atoms with van der Waals surface area (Å²) in [6.07, 6.45) is 9.28. The molecule has 41 heavy (non-hydrogen) atoms. The first-order chi connectivity index (χ1) is 19.9. The number of unbranched alkanes of at least 4 members (excludes halogenated alkanes) is 1. The minimum atomic E-state index is -0.525. The summed E-state index contributed by atoms with van der Waals surface area (Å²) in [5.41, 5.74) is 4.95. The lowest BCUT2D eigenvalue weighted by Crippen LogP contribution is -2.43. The van der Waals surface area contributed by atoms with Crippen molar-refractivity contribution >= 4 is 29.5 Å². The van der Waals surface area contributed by atoms with Gasteiger partial charge in [0.15, 0.2) is 5.65 Å². The Bertz CT molecular complexity index is 1490. The average molecular weight is 557 g/mol. The average Bonchev–Trinajstić information content (AvgIpc) is 3.33. The second-order valence-corrected chi connectivity index (χ2v) is 11.8. The van der Waals surface area contributed by atoms with E-state index in [1.165, 1.54) is 24.8 Å². The molecule has 2 aromatic heterocycles. The lowest BCUT2D eigenvalue weighted by Gasteiger charge is -2.32. The molecule has 1 aliphatic carbocycles. The summed E-state index contributed by atoms with van der Waals surface area (Å²) in [5, 5.41) is 13.3. The number of likely N-dealkylation sites (N-methyl/N-ethyl adjacent to an activating group) is 1. The monoisotopic (exact) mass is 556 g/mol. The van der Waals surface area contributed by atoms with Gasteiger partial charge in [0, 0.05) is 56.0 Å². The predicted molar refractivity (Wildman–Crippen MR) is 160 cm³/mol. The van der Waals surface area contributed by atoms with Crippen molar-refractivity contribution in [1.29, 1.82) is 0 Å². The molecule has 0 radical (unpaired) electrons. The van der Waals surface area contributed by atoms with Crippen LogP contribution in [0.4, 0.5) is 10.6 Å². The number of benzene rings is 1. The van der Waals surface area contributed by atoms with E-state index in [-0.39, 0.29) is 5.70 Å². The van der Waals surface area contributed by atoms with E-state index in [0.717, 1.165) is 62.6 Å². The summed E-state index contributed by atoms with van der Waals surface area (Å²) in [7, 11) is 2.18. The molecule has 2 atom stereocenters. The Morgan fingerprint density at radius 2 is 1.95 bits per heavy atom. The quantitative estimate of drug-likeness (QED) is 0.255. The van der Waals surface area contributed by atoms with Crippen molar-refractivity contribution in [3.63, 3.8) is 0 Å². The number of imide groups is 1. The molecule has 6 rings (SSSR count). The van der Waals surface area contributed by atoms with Gasteiger partial charge in [-0.2, -0.15) is 9.61 Å². The van der Waals surface area contributed by atoms with Crippen molar-refractivity contribution in [1.82, 2.24) is 35.0 Å². The van der Waals surface area contributed by atoms with Gasteiger partial charge in [-0.25, -0.2) is 9.78 Å². The Labute approximate surface area is 241 Å². The summed E-state index contributed by atoms with van der Waals surface area (Å²) in [6.45, 7) is 9.75. The van der Waals surface area contributed by atoms with E-state index in [1.807, 2.05) is 4.52 Å². The highest BCUT2D eigenvalue weighted by Crippen LogP contribution is 2.54. The molecule has 2 unspecified atom stereocenters. The Morgan fingerprint density at radius 1 is 1.12 bits per heavy atom. The first-order valence-corrected chi connectivity index (χ1v) is 14.9. The number of amides is 3. The molecular formula is C31H40N8O2. The van der Waals surface area contributed by atoms with E-state index in [0.29, 0.717) is 22.7 Å². The highest BCUT2D eigenvalue weighted by Gasteiger charge is 2.52. The van der Waals surface area contributed by atoms with Crippen molar-refractivity contribution in [2.75, 3.05) is 38.5 Å². The van der Waals surface area contributed by atoms with E-state index < -0.39 is 11.9 Å². The number of hydrogen-bond acceptors (Lipinski definition) is 7. The largest absolute Gasteiger partial charge is 0.367 e. The number of nitrogens with one attached hydrogen (secondary N) is 3. The minimum Gasteiger partial charge on any atom is -0.367 e. The maximum atomic E-state index is 12.2. The molecule has 10 nitrogen and oxygen atoms in total. The number of urea groups is 1. The van der Waals surface area contributed by atoms with E-state index >= 15 is 0 Å². The van der Waals surface area contributed by atoms with Gasteiger partial charge in [0.1, 0.15) is 11.5 Å². The van der Waals surface area contributed by atoms with Crippen LogP contribution in [0, 0.1) is 5.41 Å². The summed E-state index contributed by atoms with van der Waals surface area (Å²) in [6, 6.07) is 10.6. The van der Waals surface area contributed by atoms with Crippen LogP contribution in [-0.4, -0.2) is 75.6 Å². The molecule has 2 aliphatic heterocycles. The number of carbonyl (C=O) groups is 2. The smallest absolute Gasteiger partial charge is 0.326 e. The summed E-state index contributed by atoms with van der Waals surface area (Å²) < 4.78 is 1.82. The first-order valence-electron chi connectivity index (χ1n) is 14.9. The number of carbonyl (C=O) groups excluding carboxylic acids is 2. The second kappa shape index (κ2) is 11.3. The molecule has 216 valence electrons. The van der Waals surface area contributed by atoms with Crippen LogP contribution in [0.3, 0.4) is 0 Å². The Kier molecular flexibility index (Phi) is 7.52. The maximum Gasteiger partial charge on any atom is 0.326 e. The highest BCUT2D eigenvalue weighted by molar-refractivity contribution is 6.14. The Morgan fingerprint density at radius 3 is 2.68 bits per heavy atom. The van der Waals surface area contributed by atoms with Crippen LogP contribution < -0.4 is 16.0 Å². The molecule has 3 N–H and O–H groups in total. The third-order valence-corrected chi connectivity index (χ3v) is 8.99. The van der Waals surface area contributed by atoms with Gasteiger partial charge >= 0.3 is 6.03 Å². The van der Waals surface area contributed by atoms with E-state index in [1.54, 1.807) is 12.3 Å². The van der Waals surface area contributed by atoms with Gasteiger partial charge in [0.2, 0.25) is 0 Å². The zero-order valence-electron chi connectivity index (χ0n) is 24.2. The van der Waals surface area contributed by atoms with Crippen LogP contribution in [0.15, 0.2) is 42.2 Å². The molecule has 1 saturated carbocycles. The number of hydrogen-bond donors (Lipinski definition) is 3. The molecule has 1 aromatic carbocycles. The fourth-order valence-corrected chi connectivity index (χ4v) is 6.17. The molecule has 0 bridgehead atoms. The predicted octanol–water partition coefficient (Wildman–Crippen LogP) is 4.09. The summed E-state index contributed by atoms with van der Waals surface area (Å²) >= 11 is 0. The number of fused-ring (bicyclic) bond motifs is 1. The standard InChI is InChI=1S/C31H40N8O2/c1-4-6-10-31(5-2)18-26(31)35-27-17-24(22-9-7-8-21(15-22)20-38-13-11-37(3)12-14-38)33-28-23(19-32-39(27)28)16-25-29(40)36-30(41)34-25/h7-9,15-17,19,26,35H,4-6,10-14,18,20H2,1-3H3,(H2,34,36,40,41)/b25-16-. The molecular weight excluding hydrogens is 516 g/mol. The normalized spacial score (nSPS) is 24.2. The van der Waals surface area contributed by atoms with E-state index in [2.05, 4.69) is 82.1 Å². The van der Waals surface area contributed by atoms with Gasteiger partial charge < -0.3 is 15.5 Å². The second-order valence-electron chi connectivity index (χ2n) is 11.8. The number of rotatable bonds is 10. The molecule has 0 spiro atoms. The van der Waals surface area contributed by atoms with Crippen molar-refractivity contribution < 1.29 is 9.59 Å². The van der Waals surface area contributed by atoms with Crippen LogP contribution in [0.5, 0.6) is 0 Å². The minimum absolute atomic E-state index is 0.188. The Hall–Kier alpha value is -3.76. The Balaban J connectivity index is 1.35. The lowest BCUT2D eigenvalue weighted by molar-refractivity contribution is -0.115. The lowest BCUT2D eigenvalue weighted by atomic mass is 9.95. The van der Waals surface area contributed by atoms with Crippen LogP contribution in [0.2, 0.25) is 0 Å². The van der Waals surface area contributed by atoms with Gasteiger partial charge in [-0.15, -0.1) is 0 Å². The zero-order chi connectivity index (χ0) is 28.6. The van der Waals surface area contributed by atoms with Crippen LogP contribution in [-0.2, 0) is 11.3 Å². The number of anilines is 1. The van der Waals surface area contributed by atoms with Gasteiger partial charge in [-0.1, -0.05) is 44.9 Å². The summed E-state index contributed by atoms with van der Waals surface area (Å²) in [4.78, 5) is 33.8. The van der Waals surface area contributed by atoms with Gasteiger partial charge in [-0.05, 0) is 49.4 Å². The van der Waals surface area contributed by atoms with Crippen LogP contribution >= 0.6 is 0 Å². The fraction of sp³-hybridized carbons (Fsp3) is 0.484. The van der Waals surface area contributed by atoms with Gasteiger partial charge in [0.05, 0.1) is 11.9 Å².